The van der Waals surface area contributed by atoms with Crippen LogP contribution in [0.4, 0.5) is 21.0 Å². The van der Waals surface area contributed by atoms with Crippen molar-refractivity contribution in [2.45, 2.75) is 6.29 Å². The summed E-state index contributed by atoms with van der Waals surface area (Å²) in [6.45, 7) is 0.146. The molecule has 0 aliphatic heterocycles. The first-order valence-corrected chi connectivity index (χ1v) is 8.63. The second-order valence-corrected chi connectivity index (χ2v) is 6.07. The topological polar surface area (TPSA) is 80.3 Å². The van der Waals surface area contributed by atoms with Crippen LogP contribution in [0.2, 0.25) is 0 Å². The summed E-state index contributed by atoms with van der Waals surface area (Å²) in [6.07, 6.45) is -1.21. The molecule has 0 atom stereocenters. The molecule has 0 bridgehead atoms. The van der Waals surface area contributed by atoms with Crippen LogP contribution in [0, 0.1) is 0 Å². The number of nitrogens with zero attached hydrogens (tertiary/aromatic N) is 2. The summed E-state index contributed by atoms with van der Waals surface area (Å²) in [5.41, 5.74) is 1.16. The molecule has 0 aliphatic carbocycles. The van der Waals surface area contributed by atoms with Gasteiger partial charge in [-0.1, -0.05) is 24.3 Å². The van der Waals surface area contributed by atoms with E-state index in [0.29, 0.717) is 17.1 Å². The molecule has 0 spiro atoms. The van der Waals surface area contributed by atoms with E-state index >= 15 is 0 Å². The zero-order valence-electron chi connectivity index (χ0n) is 16.4. The predicted octanol–water partition coefficient (Wildman–Crippen LogP) is 3.40. The lowest BCUT2D eigenvalue weighted by Gasteiger charge is -2.25. The van der Waals surface area contributed by atoms with Crippen LogP contribution in [0.3, 0.4) is 0 Å². The van der Waals surface area contributed by atoms with E-state index in [-0.39, 0.29) is 12.6 Å². The number of para-hydroxylation sites is 1. The third-order valence-corrected chi connectivity index (χ3v) is 3.84. The Morgan fingerprint density at radius 1 is 1.00 bits per heavy atom. The molecule has 0 radical (unpaired) electrons. The highest BCUT2D eigenvalue weighted by Gasteiger charge is 2.22. The van der Waals surface area contributed by atoms with E-state index in [1.54, 1.807) is 50.5 Å². The van der Waals surface area contributed by atoms with Crippen LogP contribution in [0.1, 0.15) is 0 Å². The van der Waals surface area contributed by atoms with Crippen molar-refractivity contribution in [1.82, 2.24) is 4.90 Å². The molecule has 28 heavy (non-hydrogen) atoms. The summed E-state index contributed by atoms with van der Waals surface area (Å²) in [5, 5.41) is 2.71. The number of ether oxygens (including phenoxy) is 3. The average molecular weight is 387 g/mol. The highest BCUT2D eigenvalue weighted by molar-refractivity contribution is 5.91. The van der Waals surface area contributed by atoms with E-state index in [2.05, 4.69) is 5.32 Å². The molecule has 0 aliphatic rings. The Balaban J connectivity index is 2.17. The maximum atomic E-state index is 12.8. The summed E-state index contributed by atoms with van der Waals surface area (Å²) >= 11 is 0. The molecular formula is C20H25N3O5. The number of benzene rings is 2. The number of rotatable bonds is 7. The maximum Gasteiger partial charge on any atom is 0.419 e. The average Bonchev–Trinajstić information content (AvgIpc) is 2.69. The van der Waals surface area contributed by atoms with E-state index < -0.39 is 12.4 Å². The summed E-state index contributed by atoms with van der Waals surface area (Å²) < 4.78 is 15.9. The number of hydrogen-bond acceptors (Lipinski definition) is 5. The van der Waals surface area contributed by atoms with E-state index in [4.69, 9.17) is 14.2 Å². The van der Waals surface area contributed by atoms with Crippen molar-refractivity contribution in [3.05, 3.63) is 54.6 Å². The smallest absolute Gasteiger partial charge is 0.410 e. The normalized spacial score (nSPS) is 10.5. The van der Waals surface area contributed by atoms with Crippen LogP contribution in [0.5, 0.6) is 5.75 Å². The quantitative estimate of drug-likeness (QED) is 0.737. The monoisotopic (exact) mass is 387 g/mol. The summed E-state index contributed by atoms with van der Waals surface area (Å²) in [5.74, 6) is 0.300. The van der Waals surface area contributed by atoms with Crippen molar-refractivity contribution in [2.24, 2.45) is 0 Å². The fourth-order valence-corrected chi connectivity index (χ4v) is 2.32. The largest absolute Gasteiger partial charge is 0.419 e. The number of urea groups is 1. The Bertz CT molecular complexity index is 778. The third-order valence-electron chi connectivity index (χ3n) is 3.84. The molecule has 2 aromatic rings. The molecule has 0 heterocycles. The Hall–Kier alpha value is -3.10. The van der Waals surface area contributed by atoms with E-state index in [1.165, 1.54) is 24.0 Å². The van der Waals surface area contributed by atoms with Crippen molar-refractivity contribution in [2.75, 3.05) is 45.1 Å². The molecular weight excluding hydrogens is 362 g/mol. The van der Waals surface area contributed by atoms with Gasteiger partial charge < -0.3 is 24.4 Å². The Morgan fingerprint density at radius 2 is 1.68 bits per heavy atom. The molecule has 0 saturated carbocycles. The highest BCUT2D eigenvalue weighted by atomic mass is 16.7. The maximum absolute atomic E-state index is 12.8. The Morgan fingerprint density at radius 3 is 2.29 bits per heavy atom. The molecule has 8 heteroatoms. The lowest BCUT2D eigenvalue weighted by atomic mass is 10.3. The number of methoxy groups -OCH3 is 2. The van der Waals surface area contributed by atoms with Gasteiger partial charge in [0, 0.05) is 45.8 Å². The van der Waals surface area contributed by atoms with Gasteiger partial charge in [-0.25, -0.2) is 9.59 Å². The SMILES string of the molecule is COC(CN(C(=O)Oc1cccc(NC(=O)N(C)C)c1)c1ccccc1)OC. The molecule has 2 rings (SSSR count). The van der Waals surface area contributed by atoms with Gasteiger partial charge in [0.1, 0.15) is 5.75 Å². The molecule has 0 saturated heterocycles. The minimum absolute atomic E-state index is 0.146. The first-order valence-electron chi connectivity index (χ1n) is 8.63. The van der Waals surface area contributed by atoms with Gasteiger partial charge in [0.2, 0.25) is 0 Å². The first kappa shape index (κ1) is 21.2. The predicted molar refractivity (Wildman–Crippen MR) is 107 cm³/mol. The van der Waals surface area contributed by atoms with Gasteiger partial charge in [-0.2, -0.15) is 0 Å². The van der Waals surface area contributed by atoms with Crippen molar-refractivity contribution in [3.8, 4) is 5.75 Å². The molecule has 0 fully saturated rings. The van der Waals surface area contributed by atoms with E-state index in [0.717, 1.165) is 0 Å². The van der Waals surface area contributed by atoms with Crippen LogP contribution >= 0.6 is 0 Å². The number of nitrogens with one attached hydrogen (secondary N) is 1. The van der Waals surface area contributed by atoms with Gasteiger partial charge in [-0.3, -0.25) is 4.90 Å². The van der Waals surface area contributed by atoms with Crippen molar-refractivity contribution >= 4 is 23.5 Å². The second kappa shape index (κ2) is 10.3. The first-order chi connectivity index (χ1) is 13.4. The molecule has 2 aromatic carbocycles. The van der Waals surface area contributed by atoms with Gasteiger partial charge in [0.25, 0.3) is 0 Å². The number of amides is 3. The molecule has 150 valence electrons. The van der Waals surface area contributed by atoms with Crippen molar-refractivity contribution in [1.29, 1.82) is 0 Å². The van der Waals surface area contributed by atoms with Gasteiger partial charge in [-0.05, 0) is 24.3 Å². The Kier molecular flexibility index (Phi) is 7.79. The van der Waals surface area contributed by atoms with Gasteiger partial charge in [0.05, 0.1) is 6.54 Å². The molecule has 8 nitrogen and oxygen atoms in total. The van der Waals surface area contributed by atoms with Crippen LogP contribution < -0.4 is 15.0 Å². The number of hydrogen-bond donors (Lipinski definition) is 1. The zero-order chi connectivity index (χ0) is 20.5. The fourth-order valence-electron chi connectivity index (χ4n) is 2.32. The Labute approximate surface area is 164 Å². The summed E-state index contributed by atoms with van der Waals surface area (Å²) in [4.78, 5) is 27.4. The third kappa shape index (κ3) is 5.97. The second-order valence-electron chi connectivity index (χ2n) is 6.07. The highest BCUT2D eigenvalue weighted by Crippen LogP contribution is 2.21. The number of carbonyl (C=O) groups is 2. The number of anilines is 2. The van der Waals surface area contributed by atoms with Crippen LogP contribution in [-0.4, -0.2) is 58.2 Å². The fraction of sp³-hybridized carbons (Fsp3) is 0.300. The zero-order valence-corrected chi connectivity index (χ0v) is 16.4. The lowest BCUT2D eigenvalue weighted by Crippen LogP contribution is -2.40. The lowest BCUT2D eigenvalue weighted by molar-refractivity contribution is -0.0943. The standard InChI is InChI=1S/C20H25N3O5/c1-22(2)19(24)21-15-9-8-12-17(13-15)28-20(25)23(14-18(26-3)27-4)16-10-6-5-7-11-16/h5-13,18H,14H2,1-4H3,(H,21,24). The van der Waals surface area contributed by atoms with Crippen LogP contribution in [0.15, 0.2) is 54.6 Å². The summed E-state index contributed by atoms with van der Waals surface area (Å²) in [7, 11) is 6.27. The molecule has 3 amide bonds. The summed E-state index contributed by atoms with van der Waals surface area (Å²) in [6, 6.07) is 15.4. The van der Waals surface area contributed by atoms with Gasteiger partial charge >= 0.3 is 12.1 Å². The number of carbonyl (C=O) groups excluding carboxylic acids is 2. The van der Waals surface area contributed by atoms with E-state index in [1.807, 2.05) is 18.2 Å². The minimum Gasteiger partial charge on any atom is -0.410 e. The molecule has 1 N–H and O–H groups in total. The molecule has 0 unspecified atom stereocenters. The van der Waals surface area contributed by atoms with E-state index in [9.17, 15) is 9.59 Å². The van der Waals surface area contributed by atoms with Crippen LogP contribution in [0.25, 0.3) is 0 Å². The van der Waals surface area contributed by atoms with Gasteiger partial charge in [0.15, 0.2) is 6.29 Å². The van der Waals surface area contributed by atoms with Crippen molar-refractivity contribution < 1.29 is 23.8 Å². The van der Waals surface area contributed by atoms with Crippen LogP contribution in [-0.2, 0) is 9.47 Å². The van der Waals surface area contributed by atoms with Crippen molar-refractivity contribution in [3.63, 3.8) is 0 Å². The van der Waals surface area contributed by atoms with Gasteiger partial charge in [-0.15, -0.1) is 0 Å². The molecule has 0 aromatic heterocycles. The minimum atomic E-state index is -0.613.